The number of rotatable bonds is 4. The first-order chi connectivity index (χ1) is 8.79. The van der Waals surface area contributed by atoms with Crippen molar-refractivity contribution in [3.63, 3.8) is 0 Å². The minimum atomic E-state index is -4.73. The molecular weight excluding hydrogens is 327 g/mol. The van der Waals surface area contributed by atoms with Gasteiger partial charge in [-0.2, -0.15) is 13.2 Å². The van der Waals surface area contributed by atoms with Gasteiger partial charge in [0.15, 0.2) is 6.10 Å². The Kier molecular flexibility index (Phi) is 5.56. The number of benzene rings is 1. The van der Waals surface area contributed by atoms with Crippen molar-refractivity contribution < 1.29 is 23.1 Å². The Balaban J connectivity index is 2.45. The van der Waals surface area contributed by atoms with E-state index in [1.807, 2.05) is 5.32 Å². The van der Waals surface area contributed by atoms with E-state index in [0.29, 0.717) is 0 Å². The van der Waals surface area contributed by atoms with E-state index in [4.69, 9.17) is 5.11 Å². The van der Waals surface area contributed by atoms with E-state index in [2.05, 4.69) is 15.9 Å². The fourth-order valence-electron chi connectivity index (χ4n) is 1.12. The maximum absolute atomic E-state index is 12.0. The van der Waals surface area contributed by atoms with Gasteiger partial charge in [-0.25, -0.2) is 0 Å². The summed E-state index contributed by atoms with van der Waals surface area (Å²) in [7, 11) is 0. The van der Waals surface area contributed by atoms with Gasteiger partial charge < -0.3 is 10.4 Å². The van der Waals surface area contributed by atoms with Gasteiger partial charge in [-0.15, -0.1) is 0 Å². The molecule has 0 fully saturated rings. The van der Waals surface area contributed by atoms with Crippen molar-refractivity contribution >= 4 is 27.9 Å². The Morgan fingerprint density at radius 2 is 1.95 bits per heavy atom. The second-order valence-corrected chi connectivity index (χ2v) is 4.60. The molecule has 1 unspecified atom stereocenters. The quantitative estimate of drug-likeness (QED) is 0.829. The van der Waals surface area contributed by atoms with E-state index in [-0.39, 0.29) is 0 Å². The Hall–Kier alpha value is -1.34. The highest BCUT2D eigenvalue weighted by Crippen LogP contribution is 2.19. The first-order valence-electron chi connectivity index (χ1n) is 5.25. The zero-order valence-corrected chi connectivity index (χ0v) is 11.2. The molecule has 104 valence electrons. The zero-order valence-electron chi connectivity index (χ0n) is 9.62. The summed E-state index contributed by atoms with van der Waals surface area (Å²) >= 11 is 3.25. The summed E-state index contributed by atoms with van der Waals surface area (Å²) < 4.78 is 36.8. The van der Waals surface area contributed by atoms with Gasteiger partial charge in [0.2, 0.25) is 5.91 Å². The first-order valence-corrected chi connectivity index (χ1v) is 6.04. The lowest BCUT2D eigenvalue weighted by atomic mass is 10.2. The largest absolute Gasteiger partial charge is 0.416 e. The van der Waals surface area contributed by atoms with E-state index in [0.717, 1.165) is 16.1 Å². The lowest BCUT2D eigenvalue weighted by Gasteiger charge is -2.14. The molecule has 1 amide bonds. The smallest absolute Gasteiger partial charge is 0.382 e. The van der Waals surface area contributed by atoms with Crippen molar-refractivity contribution in [2.24, 2.45) is 0 Å². The van der Waals surface area contributed by atoms with Crippen molar-refractivity contribution in [2.45, 2.75) is 12.3 Å². The van der Waals surface area contributed by atoms with Crippen LogP contribution in [0.3, 0.4) is 0 Å². The summed E-state index contributed by atoms with van der Waals surface area (Å²) in [6, 6.07) is 7.01. The average Bonchev–Trinajstić information content (AvgIpc) is 2.34. The molecule has 0 radical (unpaired) electrons. The van der Waals surface area contributed by atoms with Crippen LogP contribution in [-0.2, 0) is 4.79 Å². The Morgan fingerprint density at radius 1 is 1.37 bits per heavy atom. The molecule has 0 aromatic heterocycles. The molecule has 0 heterocycles. The van der Waals surface area contributed by atoms with Crippen molar-refractivity contribution in [1.82, 2.24) is 5.32 Å². The molecule has 0 aliphatic heterocycles. The summed E-state index contributed by atoms with van der Waals surface area (Å²) in [6.45, 7) is -0.868. The van der Waals surface area contributed by atoms with Crippen LogP contribution in [0.2, 0.25) is 0 Å². The van der Waals surface area contributed by atoms with Crippen LogP contribution in [0.4, 0.5) is 13.2 Å². The molecule has 2 N–H and O–H groups in total. The summed E-state index contributed by atoms with van der Waals surface area (Å²) in [6.07, 6.45) is -4.73. The summed E-state index contributed by atoms with van der Waals surface area (Å²) in [5.74, 6) is -0.703. The molecule has 0 bridgehead atoms. The molecule has 19 heavy (non-hydrogen) atoms. The van der Waals surface area contributed by atoms with Gasteiger partial charge in [0, 0.05) is 10.5 Å². The fraction of sp³-hybridized carbons (Fsp3) is 0.250. The molecule has 1 atom stereocenters. The highest BCUT2D eigenvalue weighted by atomic mass is 79.9. The number of carbonyl (C=O) groups excluding carboxylic acids is 1. The van der Waals surface area contributed by atoms with Crippen LogP contribution in [0, 0.1) is 0 Å². The monoisotopic (exact) mass is 337 g/mol. The van der Waals surface area contributed by atoms with E-state index < -0.39 is 24.7 Å². The van der Waals surface area contributed by atoms with Gasteiger partial charge >= 0.3 is 6.18 Å². The third-order valence-corrected chi connectivity index (χ3v) is 2.67. The van der Waals surface area contributed by atoms with Gasteiger partial charge in [0.05, 0.1) is 6.54 Å². The highest BCUT2D eigenvalue weighted by Gasteiger charge is 2.37. The van der Waals surface area contributed by atoms with Crippen molar-refractivity contribution in [1.29, 1.82) is 0 Å². The number of aliphatic hydroxyl groups excluding tert-OH is 1. The number of alkyl halides is 3. The molecular formula is C12H11BrF3NO2. The van der Waals surface area contributed by atoms with Crippen LogP contribution in [0.15, 0.2) is 34.8 Å². The van der Waals surface area contributed by atoms with E-state index >= 15 is 0 Å². The van der Waals surface area contributed by atoms with Crippen molar-refractivity contribution in [3.8, 4) is 0 Å². The van der Waals surface area contributed by atoms with Gasteiger partial charge in [0.1, 0.15) is 0 Å². The first kappa shape index (κ1) is 15.7. The maximum atomic E-state index is 12.0. The van der Waals surface area contributed by atoms with Gasteiger partial charge in [-0.1, -0.05) is 28.1 Å². The minimum absolute atomic E-state index is 0.703. The number of amides is 1. The zero-order chi connectivity index (χ0) is 14.5. The fourth-order valence-corrected chi connectivity index (χ4v) is 1.38. The highest BCUT2D eigenvalue weighted by molar-refractivity contribution is 9.10. The Labute approximate surface area is 116 Å². The van der Waals surface area contributed by atoms with E-state index in [1.165, 1.54) is 6.08 Å². The summed E-state index contributed by atoms with van der Waals surface area (Å²) in [5.41, 5.74) is 0.731. The predicted molar refractivity (Wildman–Crippen MR) is 68.2 cm³/mol. The number of nitrogens with one attached hydrogen (secondary N) is 1. The third-order valence-electron chi connectivity index (χ3n) is 2.14. The second-order valence-electron chi connectivity index (χ2n) is 3.69. The normalized spacial score (nSPS) is 13.5. The van der Waals surface area contributed by atoms with Crippen LogP contribution in [0.25, 0.3) is 6.08 Å². The van der Waals surface area contributed by atoms with Crippen LogP contribution in [0.1, 0.15) is 5.56 Å². The van der Waals surface area contributed by atoms with E-state index in [1.54, 1.807) is 24.3 Å². The topological polar surface area (TPSA) is 49.3 Å². The van der Waals surface area contributed by atoms with Gasteiger partial charge in [0.25, 0.3) is 0 Å². The molecule has 1 aromatic rings. The number of halogens is 4. The molecule has 0 saturated carbocycles. The molecule has 0 spiro atoms. The SMILES string of the molecule is O=C(/C=C/c1ccc(Br)cc1)NCC(O)C(F)(F)F. The van der Waals surface area contributed by atoms with Gasteiger partial charge in [-0.3, -0.25) is 4.79 Å². The van der Waals surface area contributed by atoms with Crippen LogP contribution in [0.5, 0.6) is 0 Å². The van der Waals surface area contributed by atoms with Crippen molar-refractivity contribution in [2.75, 3.05) is 6.54 Å². The lowest BCUT2D eigenvalue weighted by Crippen LogP contribution is -2.40. The number of carbonyl (C=O) groups is 1. The summed E-state index contributed by atoms with van der Waals surface area (Å²) in [5, 5.41) is 10.6. The molecule has 0 saturated heterocycles. The Morgan fingerprint density at radius 3 is 2.47 bits per heavy atom. The van der Waals surface area contributed by atoms with Crippen LogP contribution in [-0.4, -0.2) is 29.8 Å². The van der Waals surface area contributed by atoms with Gasteiger partial charge in [-0.05, 0) is 23.8 Å². The molecule has 1 rings (SSSR count). The third kappa shape index (κ3) is 5.89. The number of hydrogen-bond donors (Lipinski definition) is 2. The molecule has 7 heteroatoms. The molecule has 0 aliphatic carbocycles. The maximum Gasteiger partial charge on any atom is 0.416 e. The number of aliphatic hydroxyl groups is 1. The van der Waals surface area contributed by atoms with Crippen LogP contribution >= 0.6 is 15.9 Å². The molecule has 3 nitrogen and oxygen atoms in total. The summed E-state index contributed by atoms with van der Waals surface area (Å²) in [4.78, 5) is 11.2. The van der Waals surface area contributed by atoms with E-state index in [9.17, 15) is 18.0 Å². The molecule has 0 aliphatic rings. The second kappa shape index (κ2) is 6.72. The van der Waals surface area contributed by atoms with Crippen LogP contribution < -0.4 is 5.32 Å². The Bertz CT molecular complexity index is 457. The predicted octanol–water partition coefficient (Wildman–Crippen LogP) is 2.50. The lowest BCUT2D eigenvalue weighted by molar-refractivity contribution is -0.201. The van der Waals surface area contributed by atoms with Crippen molar-refractivity contribution in [3.05, 3.63) is 40.4 Å². The standard InChI is InChI=1S/C12H11BrF3NO2/c13-9-4-1-8(2-5-9)3-6-11(19)17-7-10(18)12(14,15)16/h1-6,10,18H,7H2,(H,17,19)/b6-3+. The minimum Gasteiger partial charge on any atom is -0.382 e. The number of hydrogen-bond acceptors (Lipinski definition) is 2. The average molecular weight is 338 g/mol. The molecule has 1 aromatic carbocycles.